The zero-order valence-electron chi connectivity index (χ0n) is 11.0. The topological polar surface area (TPSA) is 39.2 Å². The highest BCUT2D eigenvalue weighted by Crippen LogP contribution is 2.30. The molecule has 5 heteroatoms. The fourth-order valence-electron chi connectivity index (χ4n) is 2.76. The van der Waals surface area contributed by atoms with Crippen molar-refractivity contribution in [3.8, 4) is 0 Å². The Kier molecular flexibility index (Phi) is 4.12. The third-order valence-electron chi connectivity index (χ3n) is 3.48. The van der Waals surface area contributed by atoms with Crippen molar-refractivity contribution in [2.45, 2.75) is 39.2 Å². The van der Waals surface area contributed by atoms with Gasteiger partial charge in [0, 0.05) is 6.20 Å². The molecule has 2 rings (SSSR count). The SMILES string of the molecule is CC1CC(C)CC(OC(=O)c2ccnc(F)c2F)C1. The molecule has 0 bridgehead atoms. The lowest BCUT2D eigenvalue weighted by Crippen LogP contribution is -2.28. The predicted molar refractivity (Wildman–Crippen MR) is 65.5 cm³/mol. The van der Waals surface area contributed by atoms with Crippen LogP contribution in [0.5, 0.6) is 0 Å². The van der Waals surface area contributed by atoms with Crippen molar-refractivity contribution in [1.82, 2.24) is 4.98 Å². The van der Waals surface area contributed by atoms with Crippen LogP contribution in [0.3, 0.4) is 0 Å². The molecule has 3 nitrogen and oxygen atoms in total. The summed E-state index contributed by atoms with van der Waals surface area (Å²) in [6, 6.07) is 1.14. The Morgan fingerprint density at radius 3 is 2.53 bits per heavy atom. The number of rotatable bonds is 2. The summed E-state index contributed by atoms with van der Waals surface area (Å²) < 4.78 is 31.7. The van der Waals surface area contributed by atoms with E-state index in [0.717, 1.165) is 31.5 Å². The van der Waals surface area contributed by atoms with Crippen LogP contribution in [0.1, 0.15) is 43.5 Å². The Labute approximate surface area is 111 Å². The van der Waals surface area contributed by atoms with E-state index in [0.29, 0.717) is 11.8 Å². The van der Waals surface area contributed by atoms with Crippen LogP contribution >= 0.6 is 0 Å². The number of ether oxygens (including phenoxy) is 1. The zero-order chi connectivity index (χ0) is 14.0. The molecule has 1 aliphatic carbocycles. The first-order valence-electron chi connectivity index (χ1n) is 6.48. The van der Waals surface area contributed by atoms with E-state index in [-0.39, 0.29) is 6.10 Å². The molecule has 0 N–H and O–H groups in total. The molecule has 0 spiro atoms. The lowest BCUT2D eigenvalue weighted by Gasteiger charge is -2.31. The summed E-state index contributed by atoms with van der Waals surface area (Å²) >= 11 is 0. The summed E-state index contributed by atoms with van der Waals surface area (Å²) in [5.41, 5.74) is -0.390. The van der Waals surface area contributed by atoms with E-state index in [4.69, 9.17) is 4.74 Å². The molecule has 0 aromatic carbocycles. The first-order chi connectivity index (χ1) is 8.97. The van der Waals surface area contributed by atoms with Crippen molar-refractivity contribution in [2.24, 2.45) is 11.8 Å². The largest absolute Gasteiger partial charge is 0.459 e. The Morgan fingerprint density at radius 1 is 1.26 bits per heavy atom. The summed E-state index contributed by atoms with van der Waals surface area (Å²) in [5, 5.41) is 0. The number of pyridine rings is 1. The fraction of sp³-hybridized carbons (Fsp3) is 0.571. The van der Waals surface area contributed by atoms with Crippen molar-refractivity contribution in [3.63, 3.8) is 0 Å². The molecule has 1 aliphatic rings. The van der Waals surface area contributed by atoms with Crippen LogP contribution in [0.2, 0.25) is 0 Å². The Hall–Kier alpha value is -1.52. The Bertz CT molecular complexity index is 469. The van der Waals surface area contributed by atoms with E-state index >= 15 is 0 Å². The number of carbonyl (C=O) groups is 1. The third kappa shape index (κ3) is 3.28. The molecule has 1 aromatic heterocycles. The standard InChI is InChI=1S/C14H17F2NO2/c1-8-5-9(2)7-10(6-8)19-14(18)11-3-4-17-13(16)12(11)15/h3-4,8-10H,5-7H2,1-2H3. The summed E-state index contributed by atoms with van der Waals surface area (Å²) in [5.74, 6) is -2.39. The molecule has 1 aromatic rings. The highest BCUT2D eigenvalue weighted by atomic mass is 19.2. The van der Waals surface area contributed by atoms with Crippen LogP contribution in [0.15, 0.2) is 12.3 Å². The fourth-order valence-corrected chi connectivity index (χ4v) is 2.76. The highest BCUT2D eigenvalue weighted by molar-refractivity contribution is 5.89. The number of esters is 1. The second-order valence-electron chi connectivity index (χ2n) is 5.41. The molecule has 1 fully saturated rings. The molecule has 0 aliphatic heterocycles. The summed E-state index contributed by atoms with van der Waals surface area (Å²) in [6.07, 6.45) is 3.48. The average Bonchev–Trinajstić information content (AvgIpc) is 2.31. The van der Waals surface area contributed by atoms with Crippen molar-refractivity contribution in [3.05, 3.63) is 29.6 Å². The van der Waals surface area contributed by atoms with Gasteiger partial charge in [0.25, 0.3) is 0 Å². The van der Waals surface area contributed by atoms with Crippen molar-refractivity contribution >= 4 is 5.97 Å². The second-order valence-corrected chi connectivity index (χ2v) is 5.41. The molecule has 2 unspecified atom stereocenters. The van der Waals surface area contributed by atoms with E-state index in [1.807, 2.05) is 0 Å². The van der Waals surface area contributed by atoms with Gasteiger partial charge in [0.05, 0.1) is 0 Å². The maximum absolute atomic E-state index is 13.4. The van der Waals surface area contributed by atoms with E-state index in [1.54, 1.807) is 0 Å². The summed E-state index contributed by atoms with van der Waals surface area (Å²) in [4.78, 5) is 15.0. The van der Waals surface area contributed by atoms with Crippen LogP contribution in [0.4, 0.5) is 8.78 Å². The van der Waals surface area contributed by atoms with Gasteiger partial charge in [0.1, 0.15) is 11.7 Å². The molecule has 1 saturated carbocycles. The molecular formula is C14H17F2NO2. The van der Waals surface area contributed by atoms with Gasteiger partial charge in [0.15, 0.2) is 5.82 Å². The first kappa shape index (κ1) is 13.9. The van der Waals surface area contributed by atoms with Gasteiger partial charge in [-0.05, 0) is 37.2 Å². The minimum Gasteiger partial charge on any atom is -0.459 e. The van der Waals surface area contributed by atoms with Crippen molar-refractivity contribution in [2.75, 3.05) is 0 Å². The average molecular weight is 269 g/mol. The first-order valence-corrected chi connectivity index (χ1v) is 6.48. The molecule has 104 valence electrons. The molecular weight excluding hydrogens is 252 g/mol. The monoisotopic (exact) mass is 269 g/mol. The minimum atomic E-state index is -1.28. The molecule has 1 heterocycles. The van der Waals surface area contributed by atoms with Crippen LogP contribution in [-0.2, 0) is 4.74 Å². The summed E-state index contributed by atoms with van der Waals surface area (Å²) in [6.45, 7) is 4.20. The molecule has 19 heavy (non-hydrogen) atoms. The number of nitrogens with zero attached hydrogens (tertiary/aromatic N) is 1. The Balaban J connectivity index is 2.06. The second kappa shape index (κ2) is 5.63. The number of aromatic nitrogens is 1. The lowest BCUT2D eigenvalue weighted by molar-refractivity contribution is 0.00748. The van der Waals surface area contributed by atoms with Gasteiger partial charge in [-0.25, -0.2) is 14.2 Å². The highest BCUT2D eigenvalue weighted by Gasteiger charge is 2.28. The van der Waals surface area contributed by atoms with Gasteiger partial charge < -0.3 is 4.74 Å². The molecule has 0 amide bonds. The zero-order valence-corrected chi connectivity index (χ0v) is 11.0. The van der Waals surface area contributed by atoms with Crippen molar-refractivity contribution in [1.29, 1.82) is 0 Å². The third-order valence-corrected chi connectivity index (χ3v) is 3.48. The van der Waals surface area contributed by atoms with Gasteiger partial charge in [-0.15, -0.1) is 0 Å². The van der Waals surface area contributed by atoms with E-state index in [1.165, 1.54) is 0 Å². The minimum absolute atomic E-state index is 0.220. The van der Waals surface area contributed by atoms with Crippen LogP contribution in [0.25, 0.3) is 0 Å². The van der Waals surface area contributed by atoms with E-state index in [2.05, 4.69) is 18.8 Å². The number of hydrogen-bond acceptors (Lipinski definition) is 3. The van der Waals surface area contributed by atoms with Gasteiger partial charge in [-0.1, -0.05) is 13.8 Å². The smallest absolute Gasteiger partial charge is 0.341 e. The maximum atomic E-state index is 13.4. The van der Waals surface area contributed by atoms with Gasteiger partial charge in [0.2, 0.25) is 5.95 Å². The van der Waals surface area contributed by atoms with Crippen LogP contribution in [0, 0.1) is 23.6 Å². The van der Waals surface area contributed by atoms with Crippen LogP contribution < -0.4 is 0 Å². The number of carbonyl (C=O) groups excluding carboxylic acids is 1. The number of hydrogen-bond donors (Lipinski definition) is 0. The van der Waals surface area contributed by atoms with E-state index < -0.39 is 23.3 Å². The maximum Gasteiger partial charge on any atom is 0.341 e. The quantitative estimate of drug-likeness (QED) is 0.610. The van der Waals surface area contributed by atoms with Crippen LogP contribution in [-0.4, -0.2) is 17.1 Å². The van der Waals surface area contributed by atoms with Gasteiger partial charge in [-0.2, -0.15) is 4.39 Å². The lowest BCUT2D eigenvalue weighted by atomic mass is 9.82. The van der Waals surface area contributed by atoms with Crippen molar-refractivity contribution < 1.29 is 18.3 Å². The van der Waals surface area contributed by atoms with Gasteiger partial charge >= 0.3 is 5.97 Å². The molecule has 2 atom stereocenters. The predicted octanol–water partition coefficient (Wildman–Crippen LogP) is 3.34. The Morgan fingerprint density at radius 2 is 1.89 bits per heavy atom. The normalized spacial score (nSPS) is 27.1. The molecule has 0 radical (unpaired) electrons. The van der Waals surface area contributed by atoms with E-state index in [9.17, 15) is 13.6 Å². The summed E-state index contributed by atoms with van der Waals surface area (Å²) in [7, 11) is 0. The van der Waals surface area contributed by atoms with Gasteiger partial charge in [-0.3, -0.25) is 0 Å². The number of halogens is 2. The molecule has 0 saturated heterocycles.